The summed E-state index contributed by atoms with van der Waals surface area (Å²) in [6, 6.07) is 7.89. The lowest BCUT2D eigenvalue weighted by Gasteiger charge is -2.55. The van der Waals surface area contributed by atoms with Crippen LogP contribution in [-0.2, 0) is 4.74 Å². The van der Waals surface area contributed by atoms with Crippen molar-refractivity contribution in [2.24, 2.45) is 11.3 Å². The maximum absolute atomic E-state index is 12.0. The molecule has 1 aromatic rings. The average Bonchev–Trinajstić information content (AvgIpc) is 2.97. The molecule has 3 N–H and O–H groups in total. The molecule has 3 unspecified atom stereocenters. The van der Waals surface area contributed by atoms with Gasteiger partial charge in [0.1, 0.15) is 0 Å². The lowest BCUT2D eigenvalue weighted by Crippen LogP contribution is -2.63. The zero-order valence-corrected chi connectivity index (χ0v) is 13.1. The Morgan fingerprint density at radius 2 is 2.27 bits per heavy atom. The van der Waals surface area contributed by atoms with Gasteiger partial charge in [0, 0.05) is 41.8 Å². The van der Waals surface area contributed by atoms with Gasteiger partial charge in [-0.15, -0.1) is 0 Å². The number of aliphatic hydroxyl groups excluding tert-OH is 1. The van der Waals surface area contributed by atoms with Gasteiger partial charge in [0.25, 0.3) is 5.91 Å². The standard InChI is InChI=1S/C17H24N2O3/c1-17(2)14(13-6-9-22-15(13)17)19-12-5-3-4-11(10-12)16(21)18-7-8-20/h3-5,10,13-15,19-20H,6-9H2,1-2H3,(H,18,21). The van der Waals surface area contributed by atoms with Gasteiger partial charge in [-0.05, 0) is 24.6 Å². The first kappa shape index (κ1) is 15.3. The maximum atomic E-state index is 12.0. The highest BCUT2D eigenvalue weighted by Gasteiger charge is 2.59. The number of nitrogens with one attached hydrogen (secondary N) is 2. The maximum Gasteiger partial charge on any atom is 0.251 e. The monoisotopic (exact) mass is 304 g/mol. The second kappa shape index (κ2) is 5.89. The highest BCUT2D eigenvalue weighted by Crippen LogP contribution is 2.53. The van der Waals surface area contributed by atoms with Crippen LogP contribution in [0.1, 0.15) is 30.6 Å². The first-order valence-electron chi connectivity index (χ1n) is 7.91. The van der Waals surface area contributed by atoms with Crippen molar-refractivity contribution in [1.82, 2.24) is 5.32 Å². The molecule has 0 aromatic heterocycles. The molecular formula is C17H24N2O3. The Kier molecular flexibility index (Phi) is 4.10. The van der Waals surface area contributed by atoms with E-state index in [2.05, 4.69) is 24.5 Å². The Balaban J connectivity index is 1.69. The van der Waals surface area contributed by atoms with Crippen LogP contribution in [0.2, 0.25) is 0 Å². The number of carbonyl (C=O) groups excluding carboxylic acids is 1. The summed E-state index contributed by atoms with van der Waals surface area (Å²) in [6.45, 7) is 5.53. The van der Waals surface area contributed by atoms with E-state index in [1.807, 2.05) is 18.2 Å². The lowest BCUT2D eigenvalue weighted by atomic mass is 9.57. The van der Waals surface area contributed by atoms with Crippen molar-refractivity contribution < 1.29 is 14.6 Å². The van der Waals surface area contributed by atoms with Crippen molar-refractivity contribution in [3.05, 3.63) is 29.8 Å². The number of fused-ring (bicyclic) bond motifs is 1. The van der Waals surface area contributed by atoms with E-state index in [9.17, 15) is 4.79 Å². The minimum atomic E-state index is -0.160. The summed E-state index contributed by atoms with van der Waals surface area (Å²) in [5.41, 5.74) is 1.67. The second-order valence-corrected chi connectivity index (χ2v) is 6.75. The van der Waals surface area contributed by atoms with Crippen molar-refractivity contribution in [3.63, 3.8) is 0 Å². The molecular weight excluding hydrogens is 280 g/mol. The third-order valence-electron chi connectivity index (χ3n) is 4.94. The number of rotatable bonds is 5. The summed E-state index contributed by atoms with van der Waals surface area (Å²) in [5.74, 6) is 0.398. The van der Waals surface area contributed by atoms with E-state index in [0.717, 1.165) is 18.7 Å². The van der Waals surface area contributed by atoms with Gasteiger partial charge >= 0.3 is 0 Å². The fraction of sp³-hybridized carbons (Fsp3) is 0.588. The summed E-state index contributed by atoms with van der Waals surface area (Å²) >= 11 is 0. The van der Waals surface area contributed by atoms with E-state index < -0.39 is 0 Å². The Bertz CT molecular complexity index is 559. The zero-order valence-electron chi connectivity index (χ0n) is 13.1. The summed E-state index contributed by atoms with van der Waals surface area (Å²) in [6.07, 6.45) is 1.45. The largest absolute Gasteiger partial charge is 0.395 e. The van der Waals surface area contributed by atoms with Crippen LogP contribution in [-0.4, -0.2) is 42.9 Å². The zero-order chi connectivity index (χ0) is 15.7. The summed E-state index contributed by atoms with van der Waals surface area (Å²) in [7, 11) is 0. The number of benzene rings is 1. The van der Waals surface area contributed by atoms with Gasteiger partial charge in [-0.25, -0.2) is 0 Å². The van der Waals surface area contributed by atoms with Crippen molar-refractivity contribution in [1.29, 1.82) is 0 Å². The van der Waals surface area contributed by atoms with Crippen molar-refractivity contribution in [2.75, 3.05) is 25.1 Å². The van der Waals surface area contributed by atoms with Crippen LogP contribution in [0.25, 0.3) is 0 Å². The number of amides is 1. The predicted molar refractivity (Wildman–Crippen MR) is 84.9 cm³/mol. The summed E-state index contributed by atoms with van der Waals surface area (Å²) < 4.78 is 5.81. The normalized spacial score (nSPS) is 28.6. The molecule has 120 valence electrons. The molecule has 2 aliphatic rings. The van der Waals surface area contributed by atoms with Gasteiger partial charge in [-0.1, -0.05) is 19.9 Å². The van der Waals surface area contributed by atoms with E-state index in [1.165, 1.54) is 0 Å². The van der Waals surface area contributed by atoms with Crippen molar-refractivity contribution in [3.8, 4) is 0 Å². The third-order valence-corrected chi connectivity index (χ3v) is 4.94. The molecule has 3 atom stereocenters. The van der Waals surface area contributed by atoms with Gasteiger partial charge in [0.05, 0.1) is 12.7 Å². The quantitative estimate of drug-likeness (QED) is 0.773. The summed E-state index contributed by atoms with van der Waals surface area (Å²) in [5, 5.41) is 15.0. The fourth-order valence-corrected chi connectivity index (χ4v) is 3.82. The smallest absolute Gasteiger partial charge is 0.251 e. The van der Waals surface area contributed by atoms with Crippen LogP contribution >= 0.6 is 0 Å². The van der Waals surface area contributed by atoms with Crippen LogP contribution in [0, 0.1) is 11.3 Å². The predicted octanol–water partition coefficient (Wildman–Crippen LogP) is 1.63. The van der Waals surface area contributed by atoms with Crippen molar-refractivity contribution >= 4 is 11.6 Å². The van der Waals surface area contributed by atoms with Gasteiger partial charge in [0.2, 0.25) is 0 Å². The molecule has 0 radical (unpaired) electrons. The third kappa shape index (κ3) is 2.59. The molecule has 1 aliphatic heterocycles. The fourth-order valence-electron chi connectivity index (χ4n) is 3.82. The molecule has 1 aliphatic carbocycles. The summed E-state index contributed by atoms with van der Waals surface area (Å²) in [4.78, 5) is 12.0. The van der Waals surface area contributed by atoms with E-state index in [1.54, 1.807) is 6.07 Å². The minimum absolute atomic E-state index is 0.0526. The van der Waals surface area contributed by atoms with Gasteiger partial charge in [-0.2, -0.15) is 0 Å². The average molecular weight is 304 g/mol. The minimum Gasteiger partial charge on any atom is -0.395 e. The van der Waals surface area contributed by atoms with E-state index in [4.69, 9.17) is 9.84 Å². The molecule has 22 heavy (non-hydrogen) atoms. The molecule has 1 amide bonds. The second-order valence-electron chi connectivity index (χ2n) is 6.75. The Labute approximate surface area is 131 Å². The van der Waals surface area contributed by atoms with Crippen LogP contribution < -0.4 is 10.6 Å². The number of anilines is 1. The Morgan fingerprint density at radius 1 is 1.45 bits per heavy atom. The van der Waals surface area contributed by atoms with E-state index in [-0.39, 0.29) is 24.5 Å². The number of hydrogen-bond acceptors (Lipinski definition) is 4. The molecule has 1 aromatic carbocycles. The van der Waals surface area contributed by atoms with Crippen LogP contribution in [0.4, 0.5) is 5.69 Å². The van der Waals surface area contributed by atoms with Crippen LogP contribution in [0.3, 0.4) is 0 Å². The lowest BCUT2D eigenvalue weighted by molar-refractivity contribution is -0.0923. The molecule has 2 fully saturated rings. The molecule has 1 saturated carbocycles. The highest BCUT2D eigenvalue weighted by molar-refractivity contribution is 5.95. The van der Waals surface area contributed by atoms with Gasteiger partial charge < -0.3 is 20.5 Å². The van der Waals surface area contributed by atoms with E-state index >= 15 is 0 Å². The number of hydrogen-bond donors (Lipinski definition) is 3. The van der Waals surface area contributed by atoms with Crippen LogP contribution in [0.15, 0.2) is 24.3 Å². The Morgan fingerprint density at radius 3 is 3.05 bits per heavy atom. The molecule has 0 bridgehead atoms. The number of aliphatic hydroxyl groups is 1. The van der Waals surface area contributed by atoms with Crippen LogP contribution in [0.5, 0.6) is 0 Å². The first-order valence-corrected chi connectivity index (χ1v) is 7.91. The number of carbonyl (C=O) groups is 1. The van der Waals surface area contributed by atoms with Gasteiger partial charge in [-0.3, -0.25) is 4.79 Å². The molecule has 1 heterocycles. The SMILES string of the molecule is CC1(C)C(Nc2cccc(C(=O)NCCO)c2)C2CCOC21. The molecule has 3 rings (SSSR count). The molecule has 1 saturated heterocycles. The molecule has 0 spiro atoms. The number of ether oxygens (including phenoxy) is 1. The van der Waals surface area contributed by atoms with Crippen molar-refractivity contribution in [2.45, 2.75) is 32.4 Å². The molecule has 5 heteroatoms. The topological polar surface area (TPSA) is 70.6 Å². The molecule has 5 nitrogen and oxygen atoms in total. The first-order chi connectivity index (χ1) is 10.5. The van der Waals surface area contributed by atoms with Gasteiger partial charge in [0.15, 0.2) is 0 Å². The highest BCUT2D eigenvalue weighted by atomic mass is 16.5. The Hall–Kier alpha value is -1.59. The van der Waals surface area contributed by atoms with E-state index in [0.29, 0.717) is 23.6 Å².